The predicted octanol–water partition coefficient (Wildman–Crippen LogP) is 4.76. The van der Waals surface area contributed by atoms with E-state index in [2.05, 4.69) is 15.1 Å². The maximum atomic E-state index is 15.0. The van der Waals surface area contributed by atoms with Crippen LogP contribution in [0.1, 0.15) is 35.3 Å². The molecule has 2 heterocycles. The van der Waals surface area contributed by atoms with Crippen molar-refractivity contribution in [3.8, 4) is 0 Å². The molecule has 176 valence electrons. The highest BCUT2D eigenvalue weighted by Crippen LogP contribution is 2.37. The molecule has 0 atom stereocenters. The number of halogens is 1. The van der Waals surface area contributed by atoms with E-state index in [4.69, 9.17) is 6.57 Å². The second-order valence-corrected chi connectivity index (χ2v) is 8.60. The molecule has 3 aromatic rings. The normalized spacial score (nSPS) is 14.7. The van der Waals surface area contributed by atoms with E-state index < -0.39 is 29.2 Å². The summed E-state index contributed by atoms with van der Waals surface area (Å²) in [5.41, 5.74) is 0.929. The number of rotatable bonds is 5. The Balaban J connectivity index is 1.58. The van der Waals surface area contributed by atoms with Gasteiger partial charge in [0.1, 0.15) is 11.4 Å². The third-order valence-electron chi connectivity index (χ3n) is 5.89. The van der Waals surface area contributed by atoms with Crippen LogP contribution < -0.4 is 15.1 Å². The summed E-state index contributed by atoms with van der Waals surface area (Å²) in [5.74, 6) is -1.48. The molecule has 0 radical (unpaired) electrons. The zero-order valence-corrected chi connectivity index (χ0v) is 19.4. The van der Waals surface area contributed by atoms with Crippen molar-refractivity contribution < 1.29 is 18.8 Å². The molecule has 8 nitrogen and oxygen atoms in total. The molecule has 4 rings (SSSR count). The van der Waals surface area contributed by atoms with Gasteiger partial charge in [0.25, 0.3) is 11.8 Å². The average molecular weight is 471 g/mol. The van der Waals surface area contributed by atoms with E-state index in [0.717, 1.165) is 4.90 Å². The van der Waals surface area contributed by atoms with Crippen LogP contribution in [0.15, 0.2) is 60.9 Å². The van der Waals surface area contributed by atoms with E-state index in [1.165, 1.54) is 23.2 Å². The van der Waals surface area contributed by atoms with E-state index in [1.807, 2.05) is 0 Å². The summed E-state index contributed by atoms with van der Waals surface area (Å²) in [5, 5.41) is 2.64. The Labute approximate surface area is 201 Å². The van der Waals surface area contributed by atoms with Crippen LogP contribution in [0.25, 0.3) is 4.85 Å². The zero-order valence-electron chi connectivity index (χ0n) is 19.4. The zero-order chi connectivity index (χ0) is 25.3. The monoisotopic (exact) mass is 471 g/mol. The molecule has 0 bridgehead atoms. The molecule has 1 fully saturated rings. The number of aromatic nitrogens is 1. The maximum absolute atomic E-state index is 15.0. The third kappa shape index (κ3) is 4.22. The molecule has 0 spiro atoms. The molecule has 1 saturated heterocycles. The minimum Gasteiger partial charge on any atom is -0.348 e. The van der Waals surface area contributed by atoms with Crippen LogP contribution in [0.4, 0.5) is 26.2 Å². The number of imide groups is 1. The molecule has 2 aromatic carbocycles. The molecular formula is C26H22FN5O3. The van der Waals surface area contributed by atoms with Gasteiger partial charge in [-0.25, -0.2) is 18.9 Å². The summed E-state index contributed by atoms with van der Waals surface area (Å²) >= 11 is 0. The topological polar surface area (TPSA) is 87.0 Å². The number of urea groups is 1. The van der Waals surface area contributed by atoms with Crippen LogP contribution in [0.5, 0.6) is 0 Å². The first-order valence-electron chi connectivity index (χ1n) is 10.8. The molecule has 1 aliphatic heterocycles. The lowest BCUT2D eigenvalue weighted by atomic mass is 10.0. The largest absolute Gasteiger partial charge is 0.348 e. The van der Waals surface area contributed by atoms with Gasteiger partial charge in [-0.3, -0.25) is 19.5 Å². The van der Waals surface area contributed by atoms with Gasteiger partial charge in [-0.05, 0) is 62.7 Å². The fourth-order valence-electron chi connectivity index (χ4n) is 3.95. The predicted molar refractivity (Wildman–Crippen MR) is 129 cm³/mol. The fraction of sp³-hybridized carbons (Fsp3) is 0.192. The number of benzene rings is 2. The third-order valence-corrected chi connectivity index (χ3v) is 5.89. The van der Waals surface area contributed by atoms with E-state index in [0.29, 0.717) is 22.5 Å². The van der Waals surface area contributed by atoms with Gasteiger partial charge >= 0.3 is 6.03 Å². The first-order valence-corrected chi connectivity index (χ1v) is 10.8. The van der Waals surface area contributed by atoms with E-state index in [9.17, 15) is 18.8 Å². The Hall–Kier alpha value is -4.58. The standard InChI is InChI=1S/C26H22FN5O3/c1-16-12-19(9-10-22(16)28-4)31-24(34)26(2,3)32(25(31)35)20-8-7-17(21(27)13-20)15-30-23(33)18-6-5-11-29-14-18/h5-14H,15H2,1-3H3,(H,30,33). The lowest BCUT2D eigenvalue weighted by molar-refractivity contribution is -0.120. The van der Waals surface area contributed by atoms with Crippen LogP contribution in [0, 0.1) is 19.3 Å². The van der Waals surface area contributed by atoms with Crippen molar-refractivity contribution in [1.29, 1.82) is 0 Å². The first-order chi connectivity index (χ1) is 16.6. The van der Waals surface area contributed by atoms with Crippen molar-refractivity contribution in [1.82, 2.24) is 10.3 Å². The summed E-state index contributed by atoms with van der Waals surface area (Å²) in [6.45, 7) is 12.0. The Bertz CT molecular complexity index is 1380. The van der Waals surface area contributed by atoms with Crippen molar-refractivity contribution in [2.45, 2.75) is 32.9 Å². The van der Waals surface area contributed by atoms with Gasteiger partial charge in [-0.2, -0.15) is 0 Å². The number of nitrogens with zero attached hydrogens (tertiary/aromatic N) is 4. The number of carbonyl (C=O) groups is 3. The molecule has 0 saturated carbocycles. The summed E-state index contributed by atoms with van der Waals surface area (Å²) in [4.78, 5) is 48.4. The SMILES string of the molecule is [C-]#[N+]c1ccc(N2C(=O)N(c3ccc(CNC(=O)c4cccnc4)c(F)c3)C(C)(C)C2=O)cc1C. The quantitative estimate of drug-likeness (QED) is 0.429. The summed E-state index contributed by atoms with van der Waals surface area (Å²) in [6.07, 6.45) is 2.96. The van der Waals surface area contributed by atoms with Gasteiger partial charge in [-0.1, -0.05) is 12.1 Å². The molecule has 1 aliphatic rings. The molecular weight excluding hydrogens is 449 g/mol. The molecule has 9 heteroatoms. The lowest BCUT2D eigenvalue weighted by Gasteiger charge is -2.28. The molecule has 0 unspecified atom stereocenters. The number of anilines is 2. The molecule has 35 heavy (non-hydrogen) atoms. The number of carbonyl (C=O) groups excluding carboxylic acids is 3. The highest BCUT2D eigenvalue weighted by molar-refractivity contribution is 6.30. The van der Waals surface area contributed by atoms with Gasteiger partial charge in [0, 0.05) is 30.2 Å². The fourth-order valence-corrected chi connectivity index (χ4v) is 3.95. The second kappa shape index (κ2) is 8.99. The van der Waals surface area contributed by atoms with Crippen LogP contribution in [-0.4, -0.2) is 28.4 Å². The van der Waals surface area contributed by atoms with Gasteiger partial charge in [0.15, 0.2) is 5.69 Å². The van der Waals surface area contributed by atoms with Crippen LogP contribution in [0.3, 0.4) is 0 Å². The van der Waals surface area contributed by atoms with Crippen molar-refractivity contribution in [3.05, 3.63) is 94.8 Å². The number of aryl methyl sites for hydroxylation is 1. The number of amides is 4. The van der Waals surface area contributed by atoms with Crippen molar-refractivity contribution in [2.75, 3.05) is 9.80 Å². The molecule has 1 N–H and O–H groups in total. The first kappa shape index (κ1) is 23.6. The minimum absolute atomic E-state index is 0.0606. The summed E-state index contributed by atoms with van der Waals surface area (Å²) < 4.78 is 15.0. The van der Waals surface area contributed by atoms with E-state index in [1.54, 1.807) is 63.4 Å². The van der Waals surface area contributed by atoms with E-state index in [-0.39, 0.29) is 17.8 Å². The second-order valence-electron chi connectivity index (χ2n) is 8.60. The van der Waals surface area contributed by atoms with Crippen LogP contribution >= 0.6 is 0 Å². The van der Waals surface area contributed by atoms with Gasteiger partial charge in [0.05, 0.1) is 17.8 Å². The van der Waals surface area contributed by atoms with Gasteiger partial charge < -0.3 is 5.32 Å². The number of hydrogen-bond acceptors (Lipinski definition) is 4. The Morgan fingerprint density at radius 2 is 1.89 bits per heavy atom. The minimum atomic E-state index is -1.27. The van der Waals surface area contributed by atoms with Gasteiger partial charge in [-0.15, -0.1) is 0 Å². The molecule has 4 amide bonds. The number of nitrogens with one attached hydrogen (secondary N) is 1. The molecule has 0 aliphatic carbocycles. The van der Waals surface area contributed by atoms with Crippen LogP contribution in [0.2, 0.25) is 0 Å². The van der Waals surface area contributed by atoms with E-state index >= 15 is 0 Å². The Morgan fingerprint density at radius 3 is 2.51 bits per heavy atom. The van der Waals surface area contributed by atoms with Gasteiger partial charge in [0.2, 0.25) is 0 Å². The van der Waals surface area contributed by atoms with Crippen molar-refractivity contribution >= 4 is 34.9 Å². The smallest absolute Gasteiger partial charge is 0.336 e. The molecule has 1 aromatic heterocycles. The highest BCUT2D eigenvalue weighted by atomic mass is 19.1. The average Bonchev–Trinajstić information content (AvgIpc) is 3.01. The van der Waals surface area contributed by atoms with Crippen molar-refractivity contribution in [3.63, 3.8) is 0 Å². The number of pyridine rings is 1. The Kier molecular flexibility index (Phi) is 6.05. The lowest BCUT2D eigenvalue weighted by Crippen LogP contribution is -2.44. The summed E-state index contributed by atoms with van der Waals surface area (Å²) in [7, 11) is 0. The maximum Gasteiger partial charge on any atom is 0.336 e. The number of hydrogen-bond donors (Lipinski definition) is 1. The summed E-state index contributed by atoms with van der Waals surface area (Å²) in [6, 6.07) is 11.5. The Morgan fingerprint density at radius 1 is 1.14 bits per heavy atom. The highest BCUT2D eigenvalue weighted by Gasteiger charge is 2.52. The van der Waals surface area contributed by atoms with Crippen molar-refractivity contribution in [2.24, 2.45) is 0 Å². The van der Waals surface area contributed by atoms with Crippen LogP contribution in [-0.2, 0) is 11.3 Å².